The molecule has 0 aliphatic carbocycles. The minimum absolute atomic E-state index is 0.590. The monoisotopic (exact) mass is 226 g/mol. The van der Waals surface area contributed by atoms with E-state index in [2.05, 4.69) is 33.9 Å². The van der Waals surface area contributed by atoms with Crippen LogP contribution in [0.3, 0.4) is 0 Å². The van der Waals surface area contributed by atoms with Gasteiger partial charge in [0.15, 0.2) is 0 Å². The van der Waals surface area contributed by atoms with Crippen LogP contribution in [0.25, 0.3) is 0 Å². The Hall–Kier alpha value is -0.160. The first-order valence-corrected chi connectivity index (χ1v) is 6.75. The van der Waals surface area contributed by atoms with Gasteiger partial charge < -0.3 is 4.90 Å². The standard InChI is InChI=1S/C12H26N4/c1-3-14-7-9-16(10-8-14)12-11-15(4-2)6-5-13-12/h12-13H,3-11H2,1-2H3. The minimum Gasteiger partial charge on any atom is -0.301 e. The Labute approximate surface area is 99.6 Å². The van der Waals surface area contributed by atoms with Crippen LogP contribution < -0.4 is 5.32 Å². The normalized spacial score (nSPS) is 30.8. The zero-order valence-electron chi connectivity index (χ0n) is 10.8. The number of nitrogens with one attached hydrogen (secondary N) is 1. The lowest BCUT2D eigenvalue weighted by molar-refractivity contribution is 0.0449. The van der Waals surface area contributed by atoms with Crippen LogP contribution in [-0.4, -0.2) is 79.8 Å². The largest absolute Gasteiger partial charge is 0.301 e. The molecule has 2 aliphatic heterocycles. The molecule has 0 bridgehead atoms. The van der Waals surface area contributed by atoms with E-state index in [0.29, 0.717) is 6.17 Å². The molecule has 4 nitrogen and oxygen atoms in total. The van der Waals surface area contributed by atoms with Gasteiger partial charge in [0.2, 0.25) is 0 Å². The second-order valence-electron chi connectivity index (χ2n) is 4.83. The van der Waals surface area contributed by atoms with Gasteiger partial charge >= 0.3 is 0 Å². The van der Waals surface area contributed by atoms with E-state index in [1.807, 2.05) is 0 Å². The van der Waals surface area contributed by atoms with Crippen LogP contribution in [0.5, 0.6) is 0 Å². The number of hydrogen-bond acceptors (Lipinski definition) is 4. The summed E-state index contributed by atoms with van der Waals surface area (Å²) in [5, 5.41) is 3.65. The molecule has 1 unspecified atom stereocenters. The van der Waals surface area contributed by atoms with Crippen molar-refractivity contribution in [1.82, 2.24) is 20.0 Å². The zero-order valence-corrected chi connectivity index (χ0v) is 10.8. The van der Waals surface area contributed by atoms with Crippen molar-refractivity contribution in [2.45, 2.75) is 20.0 Å². The molecule has 2 aliphatic rings. The number of hydrogen-bond donors (Lipinski definition) is 1. The number of rotatable bonds is 3. The lowest BCUT2D eigenvalue weighted by Crippen LogP contribution is -2.62. The van der Waals surface area contributed by atoms with E-state index < -0.39 is 0 Å². The van der Waals surface area contributed by atoms with Crippen molar-refractivity contribution < 1.29 is 0 Å². The molecule has 1 N–H and O–H groups in total. The van der Waals surface area contributed by atoms with Crippen molar-refractivity contribution >= 4 is 0 Å². The third-order valence-corrected chi connectivity index (χ3v) is 3.98. The summed E-state index contributed by atoms with van der Waals surface area (Å²) >= 11 is 0. The number of likely N-dealkylation sites (N-methyl/N-ethyl adjacent to an activating group) is 2. The summed E-state index contributed by atoms with van der Waals surface area (Å²) in [6, 6.07) is 0. The van der Waals surface area contributed by atoms with Crippen molar-refractivity contribution in [3.8, 4) is 0 Å². The van der Waals surface area contributed by atoms with Gasteiger partial charge in [0.25, 0.3) is 0 Å². The molecular formula is C12H26N4. The highest BCUT2D eigenvalue weighted by atomic mass is 15.4. The highest BCUT2D eigenvalue weighted by Crippen LogP contribution is 2.08. The van der Waals surface area contributed by atoms with Gasteiger partial charge in [0.1, 0.15) is 0 Å². The summed E-state index contributed by atoms with van der Waals surface area (Å²) in [6.45, 7) is 15.4. The van der Waals surface area contributed by atoms with E-state index in [-0.39, 0.29) is 0 Å². The van der Waals surface area contributed by atoms with Crippen molar-refractivity contribution in [3.63, 3.8) is 0 Å². The molecule has 2 heterocycles. The van der Waals surface area contributed by atoms with E-state index >= 15 is 0 Å². The molecule has 0 spiro atoms. The molecule has 1 atom stereocenters. The fourth-order valence-electron chi connectivity index (χ4n) is 2.71. The topological polar surface area (TPSA) is 21.8 Å². The van der Waals surface area contributed by atoms with Crippen LogP contribution in [-0.2, 0) is 0 Å². The molecule has 16 heavy (non-hydrogen) atoms. The van der Waals surface area contributed by atoms with Crippen LogP contribution in [0.15, 0.2) is 0 Å². The molecule has 4 heteroatoms. The van der Waals surface area contributed by atoms with E-state index in [4.69, 9.17) is 0 Å². The summed E-state index contributed by atoms with van der Waals surface area (Å²) in [5.74, 6) is 0. The Balaban J connectivity index is 1.79. The Bertz CT molecular complexity index is 201. The molecule has 0 aromatic carbocycles. The second kappa shape index (κ2) is 5.96. The van der Waals surface area contributed by atoms with Gasteiger partial charge in [-0.3, -0.25) is 15.1 Å². The highest BCUT2D eigenvalue weighted by molar-refractivity contribution is 4.82. The first kappa shape index (κ1) is 12.3. The van der Waals surface area contributed by atoms with Gasteiger partial charge in [-0.2, -0.15) is 0 Å². The molecule has 0 aromatic rings. The van der Waals surface area contributed by atoms with Gasteiger partial charge in [-0.15, -0.1) is 0 Å². The smallest absolute Gasteiger partial charge is 0.0729 e. The highest BCUT2D eigenvalue weighted by Gasteiger charge is 2.26. The summed E-state index contributed by atoms with van der Waals surface area (Å²) in [5.41, 5.74) is 0. The summed E-state index contributed by atoms with van der Waals surface area (Å²) in [4.78, 5) is 7.71. The predicted octanol–water partition coefficient (Wildman–Crippen LogP) is -0.125. The second-order valence-corrected chi connectivity index (χ2v) is 4.83. The van der Waals surface area contributed by atoms with Crippen LogP contribution in [0.2, 0.25) is 0 Å². The van der Waals surface area contributed by atoms with Crippen LogP contribution in [0, 0.1) is 0 Å². The van der Waals surface area contributed by atoms with Gasteiger partial charge in [0, 0.05) is 45.8 Å². The molecule has 0 radical (unpaired) electrons. The quantitative estimate of drug-likeness (QED) is 0.724. The fraction of sp³-hybridized carbons (Fsp3) is 1.00. The predicted molar refractivity (Wildman–Crippen MR) is 67.6 cm³/mol. The van der Waals surface area contributed by atoms with Crippen molar-refractivity contribution in [2.24, 2.45) is 0 Å². The third kappa shape index (κ3) is 2.94. The van der Waals surface area contributed by atoms with Crippen LogP contribution >= 0.6 is 0 Å². The Kier molecular flexibility index (Phi) is 4.58. The first-order valence-electron chi connectivity index (χ1n) is 6.75. The Morgan fingerprint density at radius 1 is 0.938 bits per heavy atom. The summed E-state index contributed by atoms with van der Waals surface area (Å²) < 4.78 is 0. The summed E-state index contributed by atoms with van der Waals surface area (Å²) in [6.07, 6.45) is 0.590. The maximum Gasteiger partial charge on any atom is 0.0729 e. The van der Waals surface area contributed by atoms with E-state index in [9.17, 15) is 0 Å². The van der Waals surface area contributed by atoms with Gasteiger partial charge in [-0.1, -0.05) is 13.8 Å². The molecule has 2 fully saturated rings. The van der Waals surface area contributed by atoms with Gasteiger partial charge in [-0.05, 0) is 13.1 Å². The molecule has 0 amide bonds. The van der Waals surface area contributed by atoms with E-state index in [1.165, 1.54) is 52.4 Å². The van der Waals surface area contributed by atoms with Gasteiger partial charge in [0.05, 0.1) is 6.17 Å². The van der Waals surface area contributed by atoms with E-state index in [1.54, 1.807) is 0 Å². The van der Waals surface area contributed by atoms with Crippen molar-refractivity contribution in [1.29, 1.82) is 0 Å². The van der Waals surface area contributed by atoms with Crippen molar-refractivity contribution in [2.75, 3.05) is 58.9 Å². The molecule has 94 valence electrons. The molecular weight excluding hydrogens is 200 g/mol. The van der Waals surface area contributed by atoms with Crippen molar-refractivity contribution in [3.05, 3.63) is 0 Å². The van der Waals surface area contributed by atoms with Crippen LogP contribution in [0.1, 0.15) is 13.8 Å². The van der Waals surface area contributed by atoms with Gasteiger partial charge in [-0.25, -0.2) is 0 Å². The van der Waals surface area contributed by atoms with Crippen LogP contribution in [0.4, 0.5) is 0 Å². The lowest BCUT2D eigenvalue weighted by atomic mass is 10.2. The molecule has 0 aromatic heterocycles. The summed E-state index contributed by atoms with van der Waals surface area (Å²) in [7, 11) is 0. The number of nitrogens with zero attached hydrogens (tertiary/aromatic N) is 3. The molecule has 2 saturated heterocycles. The zero-order chi connectivity index (χ0) is 11.4. The van der Waals surface area contributed by atoms with E-state index in [0.717, 1.165) is 6.54 Å². The molecule has 2 rings (SSSR count). The SMILES string of the molecule is CCN1CCN(C2CN(CC)CCN2)CC1. The average molecular weight is 226 g/mol. The fourth-order valence-corrected chi connectivity index (χ4v) is 2.71. The molecule has 0 saturated carbocycles. The Morgan fingerprint density at radius 3 is 2.25 bits per heavy atom. The number of piperazine rings is 2. The maximum atomic E-state index is 3.65. The maximum absolute atomic E-state index is 3.65. The lowest BCUT2D eigenvalue weighted by Gasteiger charge is -2.43. The third-order valence-electron chi connectivity index (χ3n) is 3.98. The minimum atomic E-state index is 0.590. The average Bonchev–Trinajstić information content (AvgIpc) is 2.39. The Morgan fingerprint density at radius 2 is 1.62 bits per heavy atom. The first-order chi connectivity index (χ1) is 7.83.